The second-order valence-electron chi connectivity index (χ2n) is 4.22. The largest absolute Gasteiger partial charge is 0.483 e. The lowest BCUT2D eigenvalue weighted by Crippen LogP contribution is -2.17. The van der Waals surface area contributed by atoms with Crippen LogP contribution in [0.5, 0.6) is 5.75 Å². The van der Waals surface area contributed by atoms with Crippen LogP contribution in [0.25, 0.3) is 0 Å². The van der Waals surface area contributed by atoms with Crippen molar-refractivity contribution in [2.24, 2.45) is 0 Å². The number of aliphatic hydroxyl groups is 2. The predicted molar refractivity (Wildman–Crippen MR) is 58.7 cm³/mol. The molecule has 0 heterocycles. The molecule has 1 unspecified atom stereocenters. The molecule has 1 fully saturated rings. The fraction of sp³-hybridized carbons (Fsp3) is 0.455. The zero-order chi connectivity index (χ0) is 13.3. The van der Waals surface area contributed by atoms with E-state index >= 15 is 0 Å². The minimum Gasteiger partial charge on any atom is -0.483 e. The summed E-state index contributed by atoms with van der Waals surface area (Å²) < 4.78 is 18.3. The fourth-order valence-electron chi connectivity index (χ4n) is 1.96. The van der Waals surface area contributed by atoms with E-state index in [1.165, 1.54) is 0 Å². The molecule has 1 saturated carbocycles. The first kappa shape index (κ1) is 12.7. The van der Waals surface area contributed by atoms with E-state index in [0.29, 0.717) is 0 Å². The van der Waals surface area contributed by atoms with Gasteiger partial charge in [0, 0.05) is 25.0 Å². The zero-order valence-electron chi connectivity index (χ0n) is 9.32. The summed E-state index contributed by atoms with van der Waals surface area (Å²) in [7, 11) is 0. The molecule has 18 heavy (non-hydrogen) atoms. The van der Waals surface area contributed by atoms with E-state index in [1.807, 2.05) is 0 Å². The summed E-state index contributed by atoms with van der Waals surface area (Å²) in [5.41, 5.74) is -0.340. The smallest absolute Gasteiger partial charge is 0.311 e. The Labute approximate surface area is 102 Å². The number of nitrogens with zero attached hydrogens (tertiary/aromatic N) is 1. The van der Waals surface area contributed by atoms with Crippen molar-refractivity contribution in [3.63, 3.8) is 0 Å². The third-order valence-corrected chi connectivity index (χ3v) is 2.87. The van der Waals surface area contributed by atoms with Crippen molar-refractivity contribution in [1.29, 1.82) is 0 Å². The molecular weight excluding hydrogens is 245 g/mol. The number of hydrogen-bond acceptors (Lipinski definition) is 5. The maximum Gasteiger partial charge on any atom is 0.311 e. The van der Waals surface area contributed by atoms with Crippen LogP contribution < -0.4 is 4.74 Å². The monoisotopic (exact) mass is 257 g/mol. The zero-order valence-corrected chi connectivity index (χ0v) is 9.32. The molecule has 1 aliphatic carbocycles. The number of nitro benzene ring substituents is 1. The number of rotatable bonds is 3. The Bertz CT molecular complexity index is 457. The van der Waals surface area contributed by atoms with Gasteiger partial charge in [-0.25, -0.2) is 4.39 Å². The van der Waals surface area contributed by atoms with Crippen LogP contribution in [0.15, 0.2) is 18.2 Å². The Hall–Kier alpha value is -1.73. The maximum absolute atomic E-state index is 13.0. The van der Waals surface area contributed by atoms with Gasteiger partial charge in [0.15, 0.2) is 5.75 Å². The molecule has 1 aliphatic rings. The van der Waals surface area contributed by atoms with Crippen molar-refractivity contribution in [3.05, 3.63) is 34.1 Å². The molecule has 0 aromatic heterocycles. The maximum atomic E-state index is 13.0. The van der Waals surface area contributed by atoms with E-state index in [4.69, 9.17) is 4.74 Å². The van der Waals surface area contributed by atoms with Crippen molar-refractivity contribution < 1.29 is 24.3 Å². The second kappa shape index (κ2) is 4.87. The highest BCUT2D eigenvalue weighted by Gasteiger charge is 2.34. The molecule has 0 radical (unpaired) electrons. The SMILES string of the molecule is O=[N+]([O-])c1ccc(F)cc1OC1C[C@@H](O)[C@@H](O)C1. The summed E-state index contributed by atoms with van der Waals surface area (Å²) in [5, 5.41) is 29.4. The van der Waals surface area contributed by atoms with Gasteiger partial charge in [-0.05, 0) is 6.07 Å². The number of hydrogen-bond donors (Lipinski definition) is 2. The molecule has 1 aromatic carbocycles. The second-order valence-corrected chi connectivity index (χ2v) is 4.22. The molecule has 0 aliphatic heterocycles. The molecule has 0 spiro atoms. The Morgan fingerprint density at radius 3 is 2.50 bits per heavy atom. The minimum absolute atomic E-state index is 0.162. The first-order valence-electron chi connectivity index (χ1n) is 5.44. The molecule has 98 valence electrons. The summed E-state index contributed by atoms with van der Waals surface area (Å²) >= 11 is 0. The van der Waals surface area contributed by atoms with Gasteiger partial charge in [0.1, 0.15) is 11.9 Å². The summed E-state index contributed by atoms with van der Waals surface area (Å²) in [6, 6.07) is 2.92. The molecule has 3 atom stereocenters. The van der Waals surface area contributed by atoms with Gasteiger partial charge in [-0.2, -0.15) is 0 Å². The van der Waals surface area contributed by atoms with Gasteiger partial charge >= 0.3 is 5.69 Å². The molecule has 0 saturated heterocycles. The summed E-state index contributed by atoms with van der Waals surface area (Å²) in [5.74, 6) is -0.832. The number of nitro groups is 1. The molecule has 6 nitrogen and oxygen atoms in total. The van der Waals surface area contributed by atoms with E-state index in [2.05, 4.69) is 0 Å². The van der Waals surface area contributed by atoms with Crippen LogP contribution in [0.3, 0.4) is 0 Å². The Morgan fingerprint density at radius 1 is 1.33 bits per heavy atom. The van der Waals surface area contributed by atoms with Crippen LogP contribution in [0, 0.1) is 15.9 Å². The van der Waals surface area contributed by atoms with Gasteiger partial charge in [-0.15, -0.1) is 0 Å². The first-order valence-corrected chi connectivity index (χ1v) is 5.44. The normalized spacial score (nSPS) is 27.2. The molecule has 0 bridgehead atoms. The van der Waals surface area contributed by atoms with Gasteiger partial charge in [0.2, 0.25) is 0 Å². The van der Waals surface area contributed by atoms with Crippen molar-refractivity contribution in [1.82, 2.24) is 0 Å². The lowest BCUT2D eigenvalue weighted by molar-refractivity contribution is -0.386. The van der Waals surface area contributed by atoms with Gasteiger partial charge in [-0.3, -0.25) is 10.1 Å². The number of benzene rings is 1. The van der Waals surface area contributed by atoms with E-state index in [9.17, 15) is 24.7 Å². The topological polar surface area (TPSA) is 92.8 Å². The number of ether oxygens (including phenoxy) is 1. The molecule has 2 rings (SSSR count). The van der Waals surface area contributed by atoms with Gasteiger partial charge in [0.05, 0.1) is 17.1 Å². The van der Waals surface area contributed by atoms with Crippen LogP contribution in [-0.4, -0.2) is 33.4 Å². The third-order valence-electron chi connectivity index (χ3n) is 2.87. The minimum atomic E-state index is -0.914. The molecule has 0 amide bonds. The van der Waals surface area contributed by atoms with Crippen LogP contribution >= 0.6 is 0 Å². The standard InChI is InChI=1S/C11H12FNO5/c12-6-1-2-8(13(16)17)11(3-6)18-7-4-9(14)10(15)5-7/h1-3,7,9-10,14-15H,4-5H2/t7?,9-,10+. The Morgan fingerprint density at radius 2 is 1.94 bits per heavy atom. The highest BCUT2D eigenvalue weighted by molar-refractivity contribution is 5.46. The lowest BCUT2D eigenvalue weighted by Gasteiger charge is -2.12. The van der Waals surface area contributed by atoms with E-state index in [-0.39, 0.29) is 24.3 Å². The number of halogens is 1. The van der Waals surface area contributed by atoms with Crippen LogP contribution in [0.2, 0.25) is 0 Å². The molecule has 1 aromatic rings. The lowest BCUT2D eigenvalue weighted by atomic mass is 10.2. The Kier molecular flexibility index (Phi) is 3.44. The van der Waals surface area contributed by atoms with Gasteiger partial charge in [-0.1, -0.05) is 0 Å². The summed E-state index contributed by atoms with van der Waals surface area (Å²) in [6.07, 6.45) is -2.07. The van der Waals surface area contributed by atoms with Crippen molar-refractivity contribution in [3.8, 4) is 5.75 Å². The van der Waals surface area contributed by atoms with Gasteiger partial charge < -0.3 is 14.9 Å². The highest BCUT2D eigenvalue weighted by Crippen LogP contribution is 2.32. The van der Waals surface area contributed by atoms with Crippen molar-refractivity contribution in [2.75, 3.05) is 0 Å². The first-order chi connectivity index (χ1) is 8.47. The van der Waals surface area contributed by atoms with E-state index < -0.39 is 29.1 Å². The molecule has 2 N–H and O–H groups in total. The summed E-state index contributed by atoms with van der Waals surface area (Å²) in [4.78, 5) is 10.1. The third kappa shape index (κ3) is 2.57. The quantitative estimate of drug-likeness (QED) is 0.622. The molecule has 7 heteroatoms. The fourth-order valence-corrected chi connectivity index (χ4v) is 1.96. The number of aliphatic hydroxyl groups excluding tert-OH is 2. The van der Waals surface area contributed by atoms with E-state index in [0.717, 1.165) is 18.2 Å². The summed E-state index contributed by atoms with van der Waals surface area (Å²) in [6.45, 7) is 0. The predicted octanol–water partition coefficient (Wildman–Crippen LogP) is 0.997. The van der Waals surface area contributed by atoms with Crippen LogP contribution in [0.1, 0.15) is 12.8 Å². The van der Waals surface area contributed by atoms with Crippen molar-refractivity contribution in [2.45, 2.75) is 31.2 Å². The average Bonchev–Trinajstić information content (AvgIpc) is 2.57. The van der Waals surface area contributed by atoms with Crippen LogP contribution in [-0.2, 0) is 0 Å². The van der Waals surface area contributed by atoms with Crippen LogP contribution in [0.4, 0.5) is 10.1 Å². The highest BCUT2D eigenvalue weighted by atomic mass is 19.1. The van der Waals surface area contributed by atoms with Crippen molar-refractivity contribution >= 4 is 5.69 Å². The molecular formula is C11H12FNO5. The average molecular weight is 257 g/mol. The van der Waals surface area contributed by atoms with Gasteiger partial charge in [0.25, 0.3) is 0 Å². The van der Waals surface area contributed by atoms with E-state index in [1.54, 1.807) is 0 Å². The Balaban J connectivity index is 2.18.